The van der Waals surface area contributed by atoms with Gasteiger partial charge in [-0.3, -0.25) is 0 Å². The second-order valence-electron chi connectivity index (χ2n) is 3.42. The lowest BCUT2D eigenvalue weighted by Crippen LogP contribution is -2.34. The van der Waals surface area contributed by atoms with E-state index in [4.69, 9.17) is 28.9 Å². The van der Waals surface area contributed by atoms with Gasteiger partial charge in [0.1, 0.15) is 0 Å². The second kappa shape index (κ2) is 8.23. The molecule has 0 saturated heterocycles. The van der Waals surface area contributed by atoms with Crippen LogP contribution in [-0.2, 0) is 6.42 Å². The van der Waals surface area contributed by atoms with Crippen LogP contribution in [0.1, 0.15) is 5.56 Å². The molecule has 4 heteroatoms. The number of benzene rings is 1. The van der Waals surface area contributed by atoms with Crippen LogP contribution in [0.3, 0.4) is 0 Å². The van der Waals surface area contributed by atoms with Crippen molar-refractivity contribution in [3.63, 3.8) is 0 Å². The first-order chi connectivity index (χ1) is 6.77. The van der Waals surface area contributed by atoms with E-state index in [9.17, 15) is 0 Å². The molecular formula is C11H16Cl3N. The molecule has 0 radical (unpaired) electrons. The van der Waals surface area contributed by atoms with Gasteiger partial charge in [0.25, 0.3) is 0 Å². The molecule has 0 aliphatic rings. The van der Waals surface area contributed by atoms with Crippen molar-refractivity contribution in [1.82, 2.24) is 0 Å². The lowest BCUT2D eigenvalue weighted by molar-refractivity contribution is 0.491. The summed E-state index contributed by atoms with van der Waals surface area (Å²) < 4.78 is 0. The molecule has 0 aliphatic carbocycles. The van der Waals surface area contributed by atoms with E-state index in [1.165, 1.54) is 5.56 Å². The standard InChI is InChI=1S/C11H15Cl2N.ClH/c12-7-10(11(14)8-13)6-9-4-2-1-3-5-9;/h1-5,10-11H,6-8,14H2;1H. The van der Waals surface area contributed by atoms with E-state index in [0.29, 0.717) is 11.8 Å². The van der Waals surface area contributed by atoms with Crippen molar-refractivity contribution in [2.75, 3.05) is 11.8 Å². The van der Waals surface area contributed by atoms with Crippen molar-refractivity contribution in [3.8, 4) is 0 Å². The minimum Gasteiger partial charge on any atom is -0.326 e. The molecule has 2 N–H and O–H groups in total. The number of halogens is 3. The Kier molecular flexibility index (Phi) is 8.26. The summed E-state index contributed by atoms with van der Waals surface area (Å²) in [5, 5.41) is 0. The van der Waals surface area contributed by atoms with Crippen molar-refractivity contribution in [1.29, 1.82) is 0 Å². The van der Waals surface area contributed by atoms with Crippen LogP contribution in [0.5, 0.6) is 0 Å². The van der Waals surface area contributed by atoms with Gasteiger partial charge in [0.15, 0.2) is 0 Å². The highest BCUT2D eigenvalue weighted by Gasteiger charge is 2.16. The van der Waals surface area contributed by atoms with E-state index in [2.05, 4.69) is 12.1 Å². The third kappa shape index (κ3) is 5.07. The van der Waals surface area contributed by atoms with Gasteiger partial charge in [-0.1, -0.05) is 30.3 Å². The summed E-state index contributed by atoms with van der Waals surface area (Å²) >= 11 is 11.6. The molecule has 86 valence electrons. The van der Waals surface area contributed by atoms with Crippen molar-refractivity contribution in [2.24, 2.45) is 11.7 Å². The van der Waals surface area contributed by atoms with Crippen LogP contribution in [0.4, 0.5) is 0 Å². The number of rotatable bonds is 5. The van der Waals surface area contributed by atoms with Crippen LogP contribution in [0.2, 0.25) is 0 Å². The summed E-state index contributed by atoms with van der Waals surface area (Å²) in [5.41, 5.74) is 7.12. The predicted molar refractivity (Wildman–Crippen MR) is 70.3 cm³/mol. The van der Waals surface area contributed by atoms with Crippen LogP contribution in [0.15, 0.2) is 30.3 Å². The van der Waals surface area contributed by atoms with Gasteiger partial charge in [-0.05, 0) is 17.9 Å². The van der Waals surface area contributed by atoms with Crippen molar-refractivity contribution < 1.29 is 0 Å². The van der Waals surface area contributed by atoms with Crippen LogP contribution in [0, 0.1) is 5.92 Å². The lowest BCUT2D eigenvalue weighted by Gasteiger charge is -2.19. The van der Waals surface area contributed by atoms with E-state index in [1.54, 1.807) is 0 Å². The summed E-state index contributed by atoms with van der Waals surface area (Å²) in [6, 6.07) is 10.2. The summed E-state index contributed by atoms with van der Waals surface area (Å²) in [7, 11) is 0. The molecule has 2 unspecified atom stereocenters. The molecule has 0 aliphatic heterocycles. The van der Waals surface area contributed by atoms with Crippen LogP contribution < -0.4 is 5.73 Å². The Morgan fingerprint density at radius 1 is 1.07 bits per heavy atom. The molecule has 0 saturated carbocycles. The Morgan fingerprint density at radius 3 is 2.13 bits per heavy atom. The first-order valence-corrected chi connectivity index (χ1v) is 5.76. The molecule has 0 heterocycles. The highest BCUT2D eigenvalue weighted by molar-refractivity contribution is 6.19. The molecule has 1 rings (SSSR count). The monoisotopic (exact) mass is 267 g/mol. The maximum Gasteiger partial charge on any atom is 0.0378 e. The van der Waals surface area contributed by atoms with E-state index < -0.39 is 0 Å². The minimum absolute atomic E-state index is 0. The van der Waals surface area contributed by atoms with E-state index >= 15 is 0 Å². The quantitative estimate of drug-likeness (QED) is 0.816. The minimum atomic E-state index is -0.0191. The van der Waals surface area contributed by atoms with E-state index in [-0.39, 0.29) is 24.4 Å². The largest absolute Gasteiger partial charge is 0.326 e. The average molecular weight is 269 g/mol. The SMILES string of the molecule is Cl.NC(CCl)C(CCl)Cc1ccccc1. The normalized spacial score (nSPS) is 14.1. The summed E-state index contributed by atoms with van der Waals surface area (Å²) in [5.74, 6) is 1.28. The molecule has 0 aromatic heterocycles. The fourth-order valence-electron chi connectivity index (χ4n) is 1.36. The summed E-state index contributed by atoms with van der Waals surface area (Å²) in [4.78, 5) is 0. The van der Waals surface area contributed by atoms with Gasteiger partial charge in [0.05, 0.1) is 0 Å². The molecule has 0 spiro atoms. The first-order valence-electron chi connectivity index (χ1n) is 4.69. The number of alkyl halides is 2. The average Bonchev–Trinajstić information content (AvgIpc) is 2.26. The number of hydrogen-bond acceptors (Lipinski definition) is 1. The molecule has 15 heavy (non-hydrogen) atoms. The van der Waals surface area contributed by atoms with E-state index in [1.807, 2.05) is 18.2 Å². The lowest BCUT2D eigenvalue weighted by atomic mass is 9.95. The van der Waals surface area contributed by atoms with Crippen molar-refractivity contribution >= 4 is 35.6 Å². The molecule has 1 nitrogen and oxygen atoms in total. The molecule has 1 aromatic rings. The summed E-state index contributed by atoms with van der Waals surface area (Å²) in [6.07, 6.45) is 0.901. The Bertz CT molecular complexity index is 253. The smallest absolute Gasteiger partial charge is 0.0378 e. The zero-order valence-corrected chi connectivity index (χ0v) is 10.7. The van der Waals surface area contributed by atoms with Gasteiger partial charge >= 0.3 is 0 Å². The van der Waals surface area contributed by atoms with Gasteiger partial charge in [0, 0.05) is 17.8 Å². The maximum absolute atomic E-state index is 5.86. The van der Waals surface area contributed by atoms with Gasteiger partial charge < -0.3 is 5.73 Å². The number of nitrogens with two attached hydrogens (primary N) is 1. The molecule has 2 atom stereocenters. The zero-order chi connectivity index (χ0) is 10.4. The third-order valence-corrected chi connectivity index (χ3v) is 3.08. The van der Waals surface area contributed by atoms with E-state index in [0.717, 1.165) is 6.42 Å². The van der Waals surface area contributed by atoms with Crippen LogP contribution in [0.25, 0.3) is 0 Å². The molecule has 0 amide bonds. The van der Waals surface area contributed by atoms with Gasteiger partial charge in [-0.25, -0.2) is 0 Å². The van der Waals surface area contributed by atoms with Crippen LogP contribution in [-0.4, -0.2) is 17.8 Å². The fourth-order valence-corrected chi connectivity index (χ4v) is 1.95. The predicted octanol–water partition coefficient (Wildman–Crippen LogP) is 3.07. The first kappa shape index (κ1) is 15.0. The zero-order valence-electron chi connectivity index (χ0n) is 8.40. The van der Waals surface area contributed by atoms with Gasteiger partial charge in [-0.2, -0.15) is 0 Å². The topological polar surface area (TPSA) is 26.0 Å². The Labute approximate surface area is 107 Å². The van der Waals surface area contributed by atoms with Crippen molar-refractivity contribution in [2.45, 2.75) is 12.5 Å². The third-order valence-electron chi connectivity index (χ3n) is 2.32. The van der Waals surface area contributed by atoms with Crippen molar-refractivity contribution in [3.05, 3.63) is 35.9 Å². The molecular weight excluding hydrogens is 252 g/mol. The Hall–Kier alpha value is 0.0500. The Morgan fingerprint density at radius 2 is 1.67 bits per heavy atom. The molecule has 1 aromatic carbocycles. The fraction of sp³-hybridized carbons (Fsp3) is 0.455. The van der Waals surface area contributed by atoms with Gasteiger partial charge in [0.2, 0.25) is 0 Å². The molecule has 0 bridgehead atoms. The highest BCUT2D eigenvalue weighted by Crippen LogP contribution is 2.14. The second-order valence-corrected chi connectivity index (χ2v) is 4.04. The number of hydrogen-bond donors (Lipinski definition) is 1. The Balaban J connectivity index is 0.00000196. The summed E-state index contributed by atoms with van der Waals surface area (Å²) in [6.45, 7) is 0. The molecule has 0 fully saturated rings. The van der Waals surface area contributed by atoms with Crippen LogP contribution >= 0.6 is 35.6 Å². The van der Waals surface area contributed by atoms with Gasteiger partial charge in [-0.15, -0.1) is 35.6 Å². The highest BCUT2D eigenvalue weighted by atomic mass is 35.5. The maximum atomic E-state index is 5.86.